The molecule has 0 radical (unpaired) electrons. The molecule has 1 aromatic carbocycles. The maximum absolute atomic E-state index is 12.5. The van der Waals surface area contributed by atoms with E-state index in [0.717, 1.165) is 6.07 Å². The molecule has 0 aromatic heterocycles. The van der Waals surface area contributed by atoms with Crippen molar-refractivity contribution in [2.75, 3.05) is 13.2 Å². The third kappa shape index (κ3) is 3.68. The molecule has 0 spiro atoms. The lowest BCUT2D eigenvalue weighted by molar-refractivity contribution is -0.138. The van der Waals surface area contributed by atoms with E-state index >= 15 is 0 Å². The van der Waals surface area contributed by atoms with Crippen LogP contribution in [0.15, 0.2) is 22.7 Å². The van der Waals surface area contributed by atoms with Gasteiger partial charge in [-0.05, 0) is 31.2 Å². The Morgan fingerprint density at radius 2 is 2.00 bits per heavy atom. The Labute approximate surface area is 99.7 Å². The van der Waals surface area contributed by atoms with E-state index in [0.29, 0.717) is 19.6 Å². The first-order valence-corrected chi connectivity index (χ1v) is 5.44. The normalized spacial score (nSPS) is 11.6. The van der Waals surface area contributed by atoms with Gasteiger partial charge in [-0.1, -0.05) is 15.9 Å². The summed E-state index contributed by atoms with van der Waals surface area (Å²) in [6.07, 6.45) is -3.77. The van der Waals surface area contributed by atoms with Gasteiger partial charge in [0.1, 0.15) is 5.75 Å². The molecule has 1 rings (SSSR count). The maximum Gasteiger partial charge on any atom is 0.417 e. The minimum atomic E-state index is -4.38. The second-order valence-electron chi connectivity index (χ2n) is 3.13. The molecule has 0 aliphatic carbocycles. The second kappa shape index (κ2) is 5.54. The molecular formula is C10H11BrF3NO. The van der Waals surface area contributed by atoms with E-state index in [1.165, 1.54) is 12.1 Å². The van der Waals surface area contributed by atoms with E-state index in [1.807, 2.05) is 0 Å². The number of ether oxygens (including phenoxy) is 1. The Balaban J connectivity index is 2.82. The summed E-state index contributed by atoms with van der Waals surface area (Å²) in [6, 6.07) is 3.77. The van der Waals surface area contributed by atoms with Crippen molar-refractivity contribution in [1.82, 2.24) is 0 Å². The lowest BCUT2D eigenvalue weighted by atomic mass is 10.2. The Kier molecular flexibility index (Phi) is 4.61. The van der Waals surface area contributed by atoms with Crippen LogP contribution in [0.25, 0.3) is 0 Å². The molecule has 0 bridgehead atoms. The molecule has 0 fully saturated rings. The van der Waals surface area contributed by atoms with Crippen LogP contribution in [0.5, 0.6) is 5.75 Å². The van der Waals surface area contributed by atoms with Crippen LogP contribution in [0.4, 0.5) is 13.2 Å². The molecule has 0 amide bonds. The smallest absolute Gasteiger partial charge is 0.417 e. The fourth-order valence-electron chi connectivity index (χ4n) is 1.08. The van der Waals surface area contributed by atoms with Crippen molar-refractivity contribution >= 4 is 15.9 Å². The monoisotopic (exact) mass is 297 g/mol. The molecule has 0 saturated heterocycles. The van der Waals surface area contributed by atoms with Gasteiger partial charge in [0.2, 0.25) is 0 Å². The van der Waals surface area contributed by atoms with Crippen molar-refractivity contribution in [2.45, 2.75) is 12.6 Å². The van der Waals surface area contributed by atoms with Gasteiger partial charge in [0.05, 0.1) is 12.2 Å². The van der Waals surface area contributed by atoms with E-state index < -0.39 is 11.7 Å². The highest BCUT2D eigenvalue weighted by atomic mass is 79.9. The van der Waals surface area contributed by atoms with Crippen LogP contribution in [-0.2, 0) is 6.18 Å². The standard InChI is InChI=1S/C10H11BrF3NO/c11-9-3-2-7(16-5-1-4-15)6-8(9)10(12,13)14/h2-3,6H,1,4-5,15H2. The highest BCUT2D eigenvalue weighted by Crippen LogP contribution is 2.36. The number of alkyl halides is 3. The van der Waals surface area contributed by atoms with Crippen LogP contribution < -0.4 is 10.5 Å². The molecule has 0 heterocycles. The highest BCUT2D eigenvalue weighted by molar-refractivity contribution is 9.10. The molecule has 0 atom stereocenters. The predicted octanol–water partition coefficient (Wildman–Crippen LogP) is 3.20. The van der Waals surface area contributed by atoms with Gasteiger partial charge < -0.3 is 10.5 Å². The quantitative estimate of drug-likeness (QED) is 0.866. The summed E-state index contributed by atoms with van der Waals surface area (Å²) < 4.78 is 42.7. The van der Waals surface area contributed by atoms with E-state index in [-0.39, 0.29) is 10.2 Å². The summed E-state index contributed by atoms with van der Waals surface area (Å²) >= 11 is 2.85. The van der Waals surface area contributed by atoms with Gasteiger partial charge in [-0.2, -0.15) is 13.2 Å². The van der Waals surface area contributed by atoms with Gasteiger partial charge in [0, 0.05) is 4.47 Å². The van der Waals surface area contributed by atoms with Gasteiger partial charge in [-0.3, -0.25) is 0 Å². The Bertz CT molecular complexity index is 354. The van der Waals surface area contributed by atoms with Crippen molar-refractivity contribution in [3.8, 4) is 5.75 Å². The van der Waals surface area contributed by atoms with Gasteiger partial charge >= 0.3 is 6.18 Å². The topological polar surface area (TPSA) is 35.2 Å². The van der Waals surface area contributed by atoms with Crippen molar-refractivity contribution in [1.29, 1.82) is 0 Å². The molecule has 0 aliphatic heterocycles. The number of benzene rings is 1. The molecular weight excluding hydrogens is 287 g/mol. The van der Waals surface area contributed by atoms with E-state index in [1.54, 1.807) is 0 Å². The van der Waals surface area contributed by atoms with E-state index in [9.17, 15) is 13.2 Å². The lowest BCUT2D eigenvalue weighted by Crippen LogP contribution is -2.08. The lowest BCUT2D eigenvalue weighted by Gasteiger charge is -2.11. The van der Waals surface area contributed by atoms with Crippen LogP contribution >= 0.6 is 15.9 Å². The van der Waals surface area contributed by atoms with Crippen LogP contribution in [0.3, 0.4) is 0 Å². The summed E-state index contributed by atoms with van der Waals surface area (Å²) in [5.74, 6) is 0.198. The van der Waals surface area contributed by atoms with Crippen LogP contribution in [0.2, 0.25) is 0 Å². The molecule has 90 valence electrons. The van der Waals surface area contributed by atoms with Crippen LogP contribution in [0, 0.1) is 0 Å². The first-order chi connectivity index (χ1) is 7.45. The molecule has 0 aliphatic rings. The van der Waals surface area contributed by atoms with Gasteiger partial charge in [0.25, 0.3) is 0 Å². The largest absolute Gasteiger partial charge is 0.494 e. The Morgan fingerprint density at radius 3 is 2.56 bits per heavy atom. The zero-order valence-electron chi connectivity index (χ0n) is 8.35. The molecule has 6 heteroatoms. The summed E-state index contributed by atoms with van der Waals surface area (Å²) in [5, 5.41) is 0. The van der Waals surface area contributed by atoms with Crippen molar-refractivity contribution in [3.63, 3.8) is 0 Å². The third-order valence-electron chi connectivity index (χ3n) is 1.86. The fourth-order valence-corrected chi connectivity index (χ4v) is 1.56. The molecule has 2 nitrogen and oxygen atoms in total. The first-order valence-electron chi connectivity index (χ1n) is 4.65. The number of halogens is 4. The van der Waals surface area contributed by atoms with Gasteiger partial charge in [-0.15, -0.1) is 0 Å². The van der Waals surface area contributed by atoms with Gasteiger partial charge in [-0.25, -0.2) is 0 Å². The molecule has 16 heavy (non-hydrogen) atoms. The molecule has 0 saturated carbocycles. The number of rotatable bonds is 4. The minimum Gasteiger partial charge on any atom is -0.494 e. The predicted molar refractivity (Wildman–Crippen MR) is 58.3 cm³/mol. The summed E-state index contributed by atoms with van der Waals surface area (Å²) in [6.45, 7) is 0.762. The maximum atomic E-state index is 12.5. The van der Waals surface area contributed by atoms with E-state index in [4.69, 9.17) is 10.5 Å². The number of nitrogens with two attached hydrogens (primary N) is 1. The number of hydrogen-bond donors (Lipinski definition) is 1. The molecule has 0 unspecified atom stereocenters. The van der Waals surface area contributed by atoms with Crippen molar-refractivity contribution < 1.29 is 17.9 Å². The van der Waals surface area contributed by atoms with Gasteiger partial charge in [0.15, 0.2) is 0 Å². The Hall–Kier alpha value is -0.750. The zero-order chi connectivity index (χ0) is 12.2. The molecule has 1 aromatic rings. The number of hydrogen-bond acceptors (Lipinski definition) is 2. The second-order valence-corrected chi connectivity index (χ2v) is 3.98. The molecule has 2 N–H and O–H groups in total. The third-order valence-corrected chi connectivity index (χ3v) is 2.55. The average molecular weight is 298 g/mol. The highest BCUT2D eigenvalue weighted by Gasteiger charge is 2.33. The summed E-state index contributed by atoms with van der Waals surface area (Å²) in [4.78, 5) is 0. The fraction of sp³-hybridized carbons (Fsp3) is 0.400. The SMILES string of the molecule is NCCCOc1ccc(Br)c(C(F)(F)F)c1. The Morgan fingerprint density at radius 1 is 1.31 bits per heavy atom. The van der Waals surface area contributed by atoms with Crippen LogP contribution in [-0.4, -0.2) is 13.2 Å². The van der Waals surface area contributed by atoms with Crippen LogP contribution in [0.1, 0.15) is 12.0 Å². The summed E-state index contributed by atoms with van der Waals surface area (Å²) in [7, 11) is 0. The van der Waals surface area contributed by atoms with E-state index in [2.05, 4.69) is 15.9 Å². The summed E-state index contributed by atoms with van der Waals surface area (Å²) in [5.41, 5.74) is 4.51. The van der Waals surface area contributed by atoms with Crippen molar-refractivity contribution in [2.24, 2.45) is 5.73 Å². The minimum absolute atomic E-state index is 0.00572. The zero-order valence-corrected chi connectivity index (χ0v) is 9.94. The average Bonchev–Trinajstić information content (AvgIpc) is 2.19. The first kappa shape index (κ1) is 13.3. The van der Waals surface area contributed by atoms with Crippen molar-refractivity contribution in [3.05, 3.63) is 28.2 Å².